The molecule has 0 unspecified atom stereocenters. The molecule has 4 aromatic heterocycles. The van der Waals surface area contributed by atoms with Gasteiger partial charge in [0, 0.05) is 96.3 Å². The molecule has 0 saturated carbocycles. The first-order valence-corrected chi connectivity index (χ1v) is 28.7. The van der Waals surface area contributed by atoms with Gasteiger partial charge in [0.1, 0.15) is 11.6 Å². The molecule has 0 aliphatic heterocycles. The van der Waals surface area contributed by atoms with E-state index in [-0.39, 0.29) is 60.9 Å². The first-order chi connectivity index (χ1) is 42.5. The van der Waals surface area contributed by atoms with Crippen LogP contribution in [0.25, 0.3) is 133 Å². The molecule has 10 aromatic carbocycles. The molecule has 0 aliphatic rings. The Morgan fingerprint density at radius 3 is 0.856 bits per heavy atom. The van der Waals surface area contributed by atoms with Crippen LogP contribution in [0.1, 0.15) is 59.1 Å². The number of Topliss-reactive ketones (excluding diaryl/α,β-unsaturated/α-hetero) is 2. The minimum atomic E-state index is -4.55. The van der Waals surface area contributed by atoms with Gasteiger partial charge in [-0.15, -0.1) is 48.5 Å². The summed E-state index contributed by atoms with van der Waals surface area (Å²) in [5, 5.41) is 7.20. The monoisotopic (exact) mass is 1380 g/mol. The van der Waals surface area contributed by atoms with E-state index in [0.717, 1.165) is 100 Å². The molecule has 4 heterocycles. The second kappa shape index (κ2) is 24.4. The molecular formula is C75H54F6IrN6O2-2. The minimum absolute atomic E-state index is 0. The maximum absolute atomic E-state index is 13.8. The molecule has 8 nitrogen and oxygen atoms in total. The molecule has 0 amide bonds. The fraction of sp³-hybridized carbons (Fsp3) is 0.147. The number of aromatic nitrogens is 6. The van der Waals surface area contributed by atoms with Gasteiger partial charge in [0.05, 0.1) is 62.9 Å². The zero-order chi connectivity index (χ0) is 62.6. The normalized spacial score (nSPS) is 12.0. The van der Waals surface area contributed by atoms with Crippen LogP contribution in [-0.2, 0) is 42.0 Å². The van der Waals surface area contributed by atoms with Crippen LogP contribution < -0.4 is 0 Å². The van der Waals surface area contributed by atoms with Crippen LogP contribution in [0.15, 0.2) is 206 Å². The molecule has 1 radical (unpaired) electrons. The van der Waals surface area contributed by atoms with Gasteiger partial charge in [-0.05, 0) is 35.4 Å². The quantitative estimate of drug-likeness (QED) is 0.0640. The Morgan fingerprint density at radius 2 is 0.611 bits per heavy atom. The second-order valence-electron chi connectivity index (χ2n) is 23.6. The van der Waals surface area contributed by atoms with Crippen molar-refractivity contribution in [1.82, 2.24) is 29.9 Å². The van der Waals surface area contributed by atoms with E-state index in [4.69, 9.17) is 9.97 Å². The van der Waals surface area contributed by atoms with Gasteiger partial charge in [0.15, 0.2) is 0 Å². The number of pyridine rings is 2. The zero-order valence-electron chi connectivity index (χ0n) is 49.4. The van der Waals surface area contributed by atoms with Crippen molar-refractivity contribution in [2.75, 3.05) is 0 Å². The van der Waals surface area contributed by atoms with Crippen LogP contribution in [0.3, 0.4) is 0 Å². The van der Waals surface area contributed by atoms with Gasteiger partial charge < -0.3 is 0 Å². The molecular weight excluding hydrogens is 1320 g/mol. The average Bonchev–Trinajstić information content (AvgIpc) is 0.732. The summed E-state index contributed by atoms with van der Waals surface area (Å²) < 4.78 is 82.6. The molecule has 15 heteroatoms. The third kappa shape index (κ3) is 12.1. The third-order valence-corrected chi connectivity index (χ3v) is 15.6. The van der Waals surface area contributed by atoms with Gasteiger partial charge in [-0.3, -0.25) is 29.5 Å². The maximum atomic E-state index is 13.8. The second-order valence-corrected chi connectivity index (χ2v) is 23.6. The number of hydrogen-bond acceptors (Lipinski definition) is 8. The van der Waals surface area contributed by atoms with Gasteiger partial charge in [0.2, 0.25) is 0 Å². The summed E-state index contributed by atoms with van der Waals surface area (Å²) in [6.45, 7) is 11.0. The Balaban J connectivity index is 0.000000154. The summed E-state index contributed by atoms with van der Waals surface area (Å²) in [5.74, 6) is 0.0295. The number of carbonyl (C=O) groups excluding carboxylic acids is 2. The fourth-order valence-electron chi connectivity index (χ4n) is 10.9. The molecule has 0 N–H and O–H groups in total. The van der Waals surface area contributed by atoms with Crippen molar-refractivity contribution in [3.8, 4) is 67.8 Å². The predicted octanol–water partition coefficient (Wildman–Crippen LogP) is 19.8. The topological polar surface area (TPSA) is 111 Å². The molecule has 0 saturated heterocycles. The maximum Gasteiger partial charge on any atom is 0.381 e. The molecule has 14 rings (SSSR count). The molecule has 14 aromatic rings. The number of alkyl halides is 6. The number of halogens is 6. The molecule has 0 bridgehead atoms. The van der Waals surface area contributed by atoms with E-state index in [9.17, 15) is 35.9 Å². The van der Waals surface area contributed by atoms with E-state index >= 15 is 0 Å². The molecule has 0 fully saturated rings. The predicted molar refractivity (Wildman–Crippen MR) is 341 cm³/mol. The Labute approximate surface area is 528 Å². The van der Waals surface area contributed by atoms with E-state index < -0.39 is 34.3 Å². The van der Waals surface area contributed by atoms with Crippen LogP contribution in [-0.4, -0.2) is 41.5 Å². The summed E-state index contributed by atoms with van der Waals surface area (Å²) >= 11 is 0. The first-order valence-electron chi connectivity index (χ1n) is 28.7. The Hall–Kier alpha value is -9.69. The van der Waals surface area contributed by atoms with Crippen molar-refractivity contribution < 1.29 is 56.0 Å². The number of benzene rings is 10. The van der Waals surface area contributed by atoms with Crippen LogP contribution >= 0.6 is 0 Å². The van der Waals surface area contributed by atoms with E-state index in [2.05, 4.69) is 32.1 Å². The van der Waals surface area contributed by atoms with Crippen molar-refractivity contribution in [3.05, 3.63) is 230 Å². The van der Waals surface area contributed by atoms with Gasteiger partial charge >= 0.3 is 12.4 Å². The van der Waals surface area contributed by atoms with Crippen molar-refractivity contribution in [2.45, 2.75) is 60.3 Å². The summed E-state index contributed by atoms with van der Waals surface area (Å²) in [5.41, 5.74) is 6.70. The van der Waals surface area contributed by atoms with Crippen molar-refractivity contribution in [3.63, 3.8) is 0 Å². The van der Waals surface area contributed by atoms with E-state index in [0.29, 0.717) is 22.1 Å². The average molecular weight is 1380 g/mol. The summed E-state index contributed by atoms with van der Waals surface area (Å²) in [6, 6.07) is 67.9. The van der Waals surface area contributed by atoms with E-state index in [1.807, 2.05) is 211 Å². The smallest absolute Gasteiger partial charge is 0.299 e. The van der Waals surface area contributed by atoms with Gasteiger partial charge in [0.25, 0.3) is 0 Å². The molecule has 0 atom stereocenters. The first kappa shape index (κ1) is 61.9. The Kier molecular flexibility index (Phi) is 16.8. The van der Waals surface area contributed by atoms with Crippen molar-refractivity contribution in [2.24, 2.45) is 10.8 Å². The zero-order valence-corrected chi connectivity index (χ0v) is 51.8. The number of rotatable bonds is 8. The number of ketones is 2. The summed E-state index contributed by atoms with van der Waals surface area (Å²) in [6.07, 6.45) is -9.03. The number of carbonyl (C=O) groups is 2. The molecule has 0 aliphatic carbocycles. The molecule has 90 heavy (non-hydrogen) atoms. The number of hydrogen-bond donors (Lipinski definition) is 0. The van der Waals surface area contributed by atoms with Crippen LogP contribution in [0, 0.1) is 23.0 Å². The summed E-state index contributed by atoms with van der Waals surface area (Å²) in [4.78, 5) is 51.7. The number of nitrogens with zero attached hydrogens (tertiary/aromatic N) is 6. The van der Waals surface area contributed by atoms with Crippen LogP contribution in [0.4, 0.5) is 26.3 Å². The van der Waals surface area contributed by atoms with E-state index in [1.165, 1.54) is 24.3 Å². The summed E-state index contributed by atoms with van der Waals surface area (Å²) in [7, 11) is 0. The van der Waals surface area contributed by atoms with Crippen molar-refractivity contribution in [1.29, 1.82) is 0 Å². The van der Waals surface area contributed by atoms with Crippen LogP contribution in [0.5, 0.6) is 0 Å². The van der Waals surface area contributed by atoms with Gasteiger partial charge in [-0.2, -0.15) is 26.3 Å². The minimum Gasteiger partial charge on any atom is -0.299 e. The SMILES string of the molecule is CC(C)(C)C(=O)CC(=O)C(C)(C)C.FC(F)(F)c1ccc[c-]c1-c1nc2ccc3c(-c4ccccc4)nc(-c4ccccc4)c4ccc(n1)c2c34.FC(F)(F)c1ccc[c-]c1-c1nc2ccc3c(-c4ccccc4)nc(-c4ccccc4)c4ccc(n1)c2c34.[Ir]. The standard InChI is InChI=1S/2C32H17F3N3.C11H20O2.Ir/c2*33-32(34,35)24-14-8-7-13-21(24)31-36-25-17-15-22-27-23(16-18-26(37-31)28(25)27)30(20-11-5-2-6-12-20)38-29(22)19-9-3-1-4-10-19;1-10(2,3)8(12)7-9(13)11(4,5)6;/h2*1-12,14-18H;7H2,1-6H3;/q2*-1;;. The van der Waals surface area contributed by atoms with Gasteiger partial charge in [-0.1, -0.05) is 198 Å². The van der Waals surface area contributed by atoms with Crippen LogP contribution in [0.2, 0.25) is 0 Å². The Morgan fingerprint density at radius 1 is 0.344 bits per heavy atom. The largest absolute Gasteiger partial charge is 0.381 e. The van der Waals surface area contributed by atoms with E-state index in [1.54, 1.807) is 0 Å². The third-order valence-electron chi connectivity index (χ3n) is 15.6. The fourth-order valence-corrected chi connectivity index (χ4v) is 10.9. The molecule has 449 valence electrons. The Bertz CT molecular complexity index is 4430. The van der Waals surface area contributed by atoms with Gasteiger partial charge in [-0.25, -0.2) is 9.97 Å². The molecule has 0 spiro atoms. The van der Waals surface area contributed by atoms with Crippen molar-refractivity contribution >= 4 is 76.7 Å².